The highest BCUT2D eigenvalue weighted by Crippen LogP contribution is 2.31. The Morgan fingerprint density at radius 1 is 1.67 bits per heavy atom. The zero-order valence-corrected chi connectivity index (χ0v) is 8.00. The standard InChI is InChI=1S/C9H17NO2/c1-7(2)10-5-4-9(3,6-11)8(10)12/h7,11H,4-6H2,1-3H3. The van der Waals surface area contributed by atoms with Crippen molar-refractivity contribution in [2.45, 2.75) is 33.2 Å². The Bertz CT molecular complexity index is 191. The van der Waals surface area contributed by atoms with Crippen molar-refractivity contribution in [2.75, 3.05) is 13.2 Å². The summed E-state index contributed by atoms with van der Waals surface area (Å²) in [6, 6.07) is 0.255. The van der Waals surface area contributed by atoms with Gasteiger partial charge in [-0.2, -0.15) is 0 Å². The number of likely N-dealkylation sites (tertiary alicyclic amines) is 1. The van der Waals surface area contributed by atoms with Crippen LogP contribution in [-0.2, 0) is 4.79 Å². The first kappa shape index (κ1) is 9.52. The predicted octanol–water partition coefficient (Wildman–Crippen LogP) is 0.626. The van der Waals surface area contributed by atoms with E-state index in [1.165, 1.54) is 0 Å². The Labute approximate surface area is 73.4 Å². The van der Waals surface area contributed by atoms with Crippen molar-refractivity contribution in [1.29, 1.82) is 0 Å². The Kier molecular flexibility index (Phi) is 2.42. The van der Waals surface area contributed by atoms with Gasteiger partial charge in [-0.1, -0.05) is 0 Å². The average molecular weight is 171 g/mol. The number of aliphatic hydroxyl groups excluding tert-OH is 1. The van der Waals surface area contributed by atoms with Crippen molar-refractivity contribution in [2.24, 2.45) is 5.41 Å². The summed E-state index contributed by atoms with van der Waals surface area (Å²) in [6.07, 6.45) is 0.778. The lowest BCUT2D eigenvalue weighted by atomic mass is 9.90. The highest BCUT2D eigenvalue weighted by atomic mass is 16.3. The Morgan fingerprint density at radius 2 is 2.25 bits per heavy atom. The van der Waals surface area contributed by atoms with Crippen LogP contribution in [0.1, 0.15) is 27.2 Å². The second-order valence-corrected chi connectivity index (χ2v) is 4.06. The molecule has 70 valence electrons. The van der Waals surface area contributed by atoms with E-state index in [-0.39, 0.29) is 18.6 Å². The number of rotatable bonds is 2. The summed E-state index contributed by atoms with van der Waals surface area (Å²) in [6.45, 7) is 6.59. The van der Waals surface area contributed by atoms with Crippen molar-refractivity contribution < 1.29 is 9.90 Å². The van der Waals surface area contributed by atoms with Crippen LogP contribution in [-0.4, -0.2) is 35.1 Å². The van der Waals surface area contributed by atoms with Crippen LogP contribution in [0.25, 0.3) is 0 Å². The fraction of sp³-hybridized carbons (Fsp3) is 0.889. The zero-order chi connectivity index (χ0) is 9.35. The van der Waals surface area contributed by atoms with Crippen molar-refractivity contribution in [3.05, 3.63) is 0 Å². The summed E-state index contributed by atoms with van der Waals surface area (Å²) in [4.78, 5) is 13.5. The summed E-state index contributed by atoms with van der Waals surface area (Å²) in [5, 5.41) is 9.05. The zero-order valence-electron chi connectivity index (χ0n) is 8.00. The van der Waals surface area contributed by atoms with Crippen molar-refractivity contribution >= 4 is 5.91 Å². The van der Waals surface area contributed by atoms with E-state index in [4.69, 9.17) is 5.11 Å². The maximum Gasteiger partial charge on any atom is 0.231 e. The normalized spacial score (nSPS) is 30.4. The number of nitrogens with zero attached hydrogens (tertiary/aromatic N) is 1. The lowest BCUT2D eigenvalue weighted by Gasteiger charge is -2.24. The van der Waals surface area contributed by atoms with Gasteiger partial charge in [-0.25, -0.2) is 0 Å². The molecule has 1 aliphatic heterocycles. The molecule has 1 aliphatic rings. The lowest BCUT2D eigenvalue weighted by Crippen LogP contribution is -2.38. The van der Waals surface area contributed by atoms with E-state index in [0.29, 0.717) is 0 Å². The van der Waals surface area contributed by atoms with E-state index in [1.807, 2.05) is 25.7 Å². The summed E-state index contributed by atoms with van der Waals surface area (Å²) < 4.78 is 0. The van der Waals surface area contributed by atoms with E-state index >= 15 is 0 Å². The molecule has 1 heterocycles. The largest absolute Gasteiger partial charge is 0.395 e. The van der Waals surface area contributed by atoms with Crippen LogP contribution < -0.4 is 0 Å². The molecule has 0 saturated carbocycles. The van der Waals surface area contributed by atoms with E-state index in [9.17, 15) is 4.79 Å². The van der Waals surface area contributed by atoms with Crippen LogP contribution in [0, 0.1) is 5.41 Å². The van der Waals surface area contributed by atoms with E-state index in [0.717, 1.165) is 13.0 Å². The average Bonchev–Trinajstić information content (AvgIpc) is 2.30. The number of hydrogen-bond donors (Lipinski definition) is 1. The maximum absolute atomic E-state index is 11.7. The summed E-state index contributed by atoms with van der Waals surface area (Å²) in [5.41, 5.74) is -0.510. The van der Waals surface area contributed by atoms with Crippen LogP contribution in [0.2, 0.25) is 0 Å². The van der Waals surface area contributed by atoms with Crippen molar-refractivity contribution in [3.63, 3.8) is 0 Å². The highest BCUT2D eigenvalue weighted by molar-refractivity contribution is 5.84. The monoisotopic (exact) mass is 171 g/mol. The molecule has 1 N–H and O–H groups in total. The molecule has 0 spiro atoms. The Hall–Kier alpha value is -0.570. The molecular weight excluding hydrogens is 154 g/mol. The first-order valence-corrected chi connectivity index (χ1v) is 4.43. The van der Waals surface area contributed by atoms with Crippen LogP contribution in [0.5, 0.6) is 0 Å². The molecule has 1 fully saturated rings. The highest BCUT2D eigenvalue weighted by Gasteiger charge is 2.42. The first-order valence-electron chi connectivity index (χ1n) is 4.43. The minimum atomic E-state index is -0.510. The molecule has 1 rings (SSSR count). The second-order valence-electron chi connectivity index (χ2n) is 4.06. The van der Waals surface area contributed by atoms with Gasteiger partial charge in [-0.15, -0.1) is 0 Å². The number of carbonyl (C=O) groups excluding carboxylic acids is 1. The van der Waals surface area contributed by atoms with Crippen LogP contribution in [0.4, 0.5) is 0 Å². The SMILES string of the molecule is CC(C)N1CCC(C)(CO)C1=O. The number of amides is 1. The molecule has 0 aromatic rings. The van der Waals surface area contributed by atoms with Gasteiger partial charge >= 0.3 is 0 Å². The molecule has 3 nitrogen and oxygen atoms in total. The van der Waals surface area contributed by atoms with Crippen LogP contribution in [0.15, 0.2) is 0 Å². The third kappa shape index (κ3) is 1.33. The van der Waals surface area contributed by atoms with Gasteiger partial charge in [0, 0.05) is 12.6 Å². The van der Waals surface area contributed by atoms with Gasteiger partial charge < -0.3 is 10.0 Å². The van der Waals surface area contributed by atoms with E-state index < -0.39 is 5.41 Å². The third-order valence-electron chi connectivity index (χ3n) is 2.65. The fourth-order valence-electron chi connectivity index (χ4n) is 1.56. The molecule has 0 aromatic carbocycles. The molecule has 0 radical (unpaired) electrons. The third-order valence-corrected chi connectivity index (χ3v) is 2.65. The molecule has 12 heavy (non-hydrogen) atoms. The van der Waals surface area contributed by atoms with Gasteiger partial charge in [0.15, 0.2) is 0 Å². The molecule has 0 aliphatic carbocycles. The van der Waals surface area contributed by atoms with Crippen molar-refractivity contribution in [3.8, 4) is 0 Å². The van der Waals surface area contributed by atoms with Gasteiger partial charge in [0.1, 0.15) is 0 Å². The number of hydrogen-bond acceptors (Lipinski definition) is 2. The van der Waals surface area contributed by atoms with Gasteiger partial charge in [0.2, 0.25) is 5.91 Å². The van der Waals surface area contributed by atoms with Crippen LogP contribution in [0.3, 0.4) is 0 Å². The minimum absolute atomic E-state index is 0.0327. The Balaban J connectivity index is 2.74. The quantitative estimate of drug-likeness (QED) is 0.662. The molecular formula is C9H17NO2. The molecule has 1 unspecified atom stereocenters. The Morgan fingerprint density at radius 3 is 2.50 bits per heavy atom. The molecule has 1 atom stereocenters. The summed E-state index contributed by atoms with van der Waals surface area (Å²) in [5.74, 6) is 0.0972. The first-order chi connectivity index (χ1) is 5.51. The maximum atomic E-state index is 11.7. The minimum Gasteiger partial charge on any atom is -0.395 e. The van der Waals surface area contributed by atoms with Crippen molar-refractivity contribution in [1.82, 2.24) is 4.90 Å². The summed E-state index contributed by atoms with van der Waals surface area (Å²) in [7, 11) is 0. The smallest absolute Gasteiger partial charge is 0.231 e. The molecule has 0 aromatic heterocycles. The number of aliphatic hydroxyl groups is 1. The van der Waals surface area contributed by atoms with Gasteiger partial charge in [0.25, 0.3) is 0 Å². The van der Waals surface area contributed by atoms with Gasteiger partial charge in [-0.05, 0) is 27.2 Å². The summed E-state index contributed by atoms with van der Waals surface area (Å²) >= 11 is 0. The second kappa shape index (κ2) is 3.05. The molecule has 1 saturated heterocycles. The van der Waals surface area contributed by atoms with Gasteiger partial charge in [0.05, 0.1) is 12.0 Å². The lowest BCUT2D eigenvalue weighted by molar-refractivity contribution is -0.138. The topological polar surface area (TPSA) is 40.5 Å². The van der Waals surface area contributed by atoms with E-state index in [2.05, 4.69) is 0 Å². The molecule has 3 heteroatoms. The predicted molar refractivity (Wildman–Crippen MR) is 46.7 cm³/mol. The van der Waals surface area contributed by atoms with E-state index in [1.54, 1.807) is 0 Å². The van der Waals surface area contributed by atoms with Gasteiger partial charge in [-0.3, -0.25) is 4.79 Å². The molecule has 1 amide bonds. The number of carbonyl (C=O) groups is 1. The fourth-order valence-corrected chi connectivity index (χ4v) is 1.56. The van der Waals surface area contributed by atoms with Crippen LogP contribution >= 0.6 is 0 Å². The molecule has 0 bridgehead atoms.